The molecule has 0 radical (unpaired) electrons. The zero-order valence-electron chi connectivity index (χ0n) is 4.44. The highest BCUT2D eigenvalue weighted by atomic mass is 127. The molecule has 3 heteroatoms. The third-order valence-corrected chi connectivity index (χ3v) is 1.94. The summed E-state index contributed by atoms with van der Waals surface area (Å²) in [7, 11) is 0. The second-order valence-corrected chi connectivity index (χ2v) is 3.32. The van der Waals surface area contributed by atoms with Gasteiger partial charge in [-0.05, 0) is 40.8 Å². The predicted molar refractivity (Wildman–Crippen MR) is 46.4 cm³/mol. The topological polar surface area (TPSA) is 0 Å². The van der Waals surface area contributed by atoms with Gasteiger partial charge in [-0.25, -0.2) is 4.39 Å². The van der Waals surface area contributed by atoms with E-state index in [1.165, 1.54) is 6.07 Å². The number of rotatable bonds is 0. The van der Waals surface area contributed by atoms with Gasteiger partial charge in [0.1, 0.15) is 5.82 Å². The van der Waals surface area contributed by atoms with E-state index in [2.05, 4.69) is 12.6 Å². The summed E-state index contributed by atoms with van der Waals surface area (Å²) in [6, 6.07) is 4.90. The Balaban J connectivity index is 3.17. The average molecular weight is 254 g/mol. The van der Waals surface area contributed by atoms with Gasteiger partial charge in [0.05, 0.1) is 0 Å². The van der Waals surface area contributed by atoms with Crippen LogP contribution in [0.4, 0.5) is 4.39 Å². The van der Waals surface area contributed by atoms with Crippen LogP contribution in [0.3, 0.4) is 0 Å². The third kappa shape index (κ3) is 1.82. The van der Waals surface area contributed by atoms with Gasteiger partial charge in [0, 0.05) is 8.47 Å². The van der Waals surface area contributed by atoms with Gasteiger partial charge in [-0.2, -0.15) is 0 Å². The highest BCUT2D eigenvalue weighted by Gasteiger charge is 1.95. The van der Waals surface area contributed by atoms with Gasteiger partial charge in [0.25, 0.3) is 0 Å². The quantitative estimate of drug-likeness (QED) is 0.534. The SMILES string of the molecule is Fc1cc(I)ccc1S. The van der Waals surface area contributed by atoms with Gasteiger partial charge in [-0.15, -0.1) is 12.6 Å². The second kappa shape index (κ2) is 2.88. The van der Waals surface area contributed by atoms with Gasteiger partial charge in [0.2, 0.25) is 0 Å². The summed E-state index contributed by atoms with van der Waals surface area (Å²) in [4.78, 5) is 0.399. The molecule has 0 unspecified atom stereocenters. The number of halogens is 2. The molecule has 0 saturated carbocycles. The maximum Gasteiger partial charge on any atom is 0.137 e. The predicted octanol–water partition coefficient (Wildman–Crippen LogP) is 2.72. The van der Waals surface area contributed by atoms with Gasteiger partial charge in [0.15, 0.2) is 0 Å². The minimum Gasteiger partial charge on any atom is -0.206 e. The van der Waals surface area contributed by atoms with Crippen LogP contribution in [0.2, 0.25) is 0 Å². The Labute approximate surface area is 72.0 Å². The van der Waals surface area contributed by atoms with E-state index < -0.39 is 0 Å². The molecule has 1 aromatic rings. The highest BCUT2D eigenvalue weighted by Crippen LogP contribution is 2.14. The van der Waals surface area contributed by atoms with Crippen molar-refractivity contribution in [3.8, 4) is 0 Å². The zero-order chi connectivity index (χ0) is 6.85. The van der Waals surface area contributed by atoms with E-state index in [-0.39, 0.29) is 5.82 Å². The zero-order valence-corrected chi connectivity index (χ0v) is 7.49. The molecule has 1 aromatic carbocycles. The van der Waals surface area contributed by atoms with Crippen molar-refractivity contribution in [2.45, 2.75) is 4.90 Å². The lowest BCUT2D eigenvalue weighted by molar-refractivity contribution is 0.601. The summed E-state index contributed by atoms with van der Waals surface area (Å²) in [6.45, 7) is 0. The van der Waals surface area contributed by atoms with Crippen molar-refractivity contribution in [2.24, 2.45) is 0 Å². The van der Waals surface area contributed by atoms with E-state index in [0.717, 1.165) is 3.57 Å². The van der Waals surface area contributed by atoms with Crippen LogP contribution in [-0.4, -0.2) is 0 Å². The fraction of sp³-hybridized carbons (Fsp3) is 0. The normalized spacial score (nSPS) is 9.67. The van der Waals surface area contributed by atoms with Crippen LogP contribution in [0.5, 0.6) is 0 Å². The number of thiol groups is 1. The van der Waals surface area contributed by atoms with Crippen LogP contribution < -0.4 is 0 Å². The molecule has 1 rings (SSSR count). The van der Waals surface area contributed by atoms with Gasteiger partial charge in [-0.3, -0.25) is 0 Å². The third-order valence-electron chi connectivity index (χ3n) is 0.910. The Bertz CT molecular complexity index is 224. The van der Waals surface area contributed by atoms with Crippen LogP contribution in [0.25, 0.3) is 0 Å². The molecule has 0 bridgehead atoms. The van der Waals surface area contributed by atoms with Crippen molar-refractivity contribution in [3.05, 3.63) is 27.6 Å². The summed E-state index contributed by atoms with van der Waals surface area (Å²) < 4.78 is 13.4. The molecule has 0 aromatic heterocycles. The van der Waals surface area contributed by atoms with E-state index in [9.17, 15) is 4.39 Å². The number of hydrogen-bond acceptors (Lipinski definition) is 1. The lowest BCUT2D eigenvalue weighted by Gasteiger charge is -1.92. The Morgan fingerprint density at radius 2 is 2.11 bits per heavy atom. The molecular weight excluding hydrogens is 250 g/mol. The first-order chi connectivity index (χ1) is 4.20. The fourth-order valence-electron chi connectivity index (χ4n) is 0.481. The maximum absolute atomic E-state index is 12.5. The summed E-state index contributed by atoms with van der Waals surface area (Å²) in [5, 5.41) is 0. The molecule has 0 aliphatic heterocycles. The first kappa shape index (κ1) is 7.34. The standard InChI is InChI=1S/C6H4FIS/c7-5-3-4(8)1-2-6(5)9/h1-3,9H. The molecule has 0 nitrogen and oxygen atoms in total. The second-order valence-electron chi connectivity index (χ2n) is 1.60. The van der Waals surface area contributed by atoms with E-state index in [4.69, 9.17) is 0 Å². The molecule has 0 spiro atoms. The van der Waals surface area contributed by atoms with Gasteiger partial charge in [-0.1, -0.05) is 0 Å². The summed E-state index contributed by atoms with van der Waals surface area (Å²) >= 11 is 5.91. The average Bonchev–Trinajstić information content (AvgIpc) is 1.80. The molecule has 0 saturated heterocycles. The molecule has 0 heterocycles. The Kier molecular flexibility index (Phi) is 2.35. The van der Waals surface area contributed by atoms with E-state index in [0.29, 0.717) is 4.90 Å². The van der Waals surface area contributed by atoms with E-state index in [1.54, 1.807) is 6.07 Å². The fourth-order valence-corrected chi connectivity index (χ4v) is 1.07. The first-order valence-corrected chi connectivity index (χ1v) is 3.87. The Morgan fingerprint density at radius 1 is 1.44 bits per heavy atom. The first-order valence-electron chi connectivity index (χ1n) is 2.34. The molecule has 0 N–H and O–H groups in total. The monoisotopic (exact) mass is 254 g/mol. The lowest BCUT2D eigenvalue weighted by Crippen LogP contribution is -1.77. The van der Waals surface area contributed by atoms with Crippen molar-refractivity contribution < 1.29 is 4.39 Å². The number of benzene rings is 1. The molecule has 0 aliphatic rings. The molecule has 0 fully saturated rings. The molecule has 48 valence electrons. The Hall–Kier alpha value is 0.230. The minimum absolute atomic E-state index is 0.259. The highest BCUT2D eigenvalue weighted by molar-refractivity contribution is 14.1. The largest absolute Gasteiger partial charge is 0.206 e. The van der Waals surface area contributed by atoms with Crippen LogP contribution in [0, 0.1) is 9.39 Å². The van der Waals surface area contributed by atoms with E-state index >= 15 is 0 Å². The van der Waals surface area contributed by atoms with Crippen molar-refractivity contribution in [2.75, 3.05) is 0 Å². The molecule has 0 amide bonds. The molecule has 0 aliphatic carbocycles. The lowest BCUT2D eigenvalue weighted by atomic mass is 10.3. The van der Waals surface area contributed by atoms with Crippen LogP contribution in [0.15, 0.2) is 23.1 Å². The van der Waals surface area contributed by atoms with Crippen LogP contribution in [-0.2, 0) is 0 Å². The van der Waals surface area contributed by atoms with Crippen molar-refractivity contribution in [3.63, 3.8) is 0 Å². The van der Waals surface area contributed by atoms with Crippen molar-refractivity contribution in [1.29, 1.82) is 0 Å². The summed E-state index contributed by atoms with van der Waals surface area (Å²) in [5.41, 5.74) is 0. The van der Waals surface area contributed by atoms with Crippen LogP contribution in [0.1, 0.15) is 0 Å². The Morgan fingerprint density at radius 3 is 2.56 bits per heavy atom. The van der Waals surface area contributed by atoms with Gasteiger partial charge >= 0.3 is 0 Å². The van der Waals surface area contributed by atoms with E-state index in [1.807, 2.05) is 28.7 Å². The minimum atomic E-state index is -0.259. The van der Waals surface area contributed by atoms with Crippen molar-refractivity contribution >= 4 is 35.2 Å². The molecular formula is C6H4FIS. The summed E-state index contributed by atoms with van der Waals surface area (Å²) in [6.07, 6.45) is 0. The molecule has 0 atom stereocenters. The van der Waals surface area contributed by atoms with Gasteiger partial charge < -0.3 is 0 Å². The maximum atomic E-state index is 12.5. The van der Waals surface area contributed by atoms with Crippen LogP contribution >= 0.6 is 35.2 Å². The summed E-state index contributed by atoms with van der Waals surface area (Å²) in [5.74, 6) is -0.259. The number of hydrogen-bond donors (Lipinski definition) is 1. The molecule has 9 heavy (non-hydrogen) atoms. The van der Waals surface area contributed by atoms with Crippen molar-refractivity contribution in [1.82, 2.24) is 0 Å². The smallest absolute Gasteiger partial charge is 0.137 e.